The van der Waals surface area contributed by atoms with E-state index in [-0.39, 0.29) is 6.54 Å². The van der Waals surface area contributed by atoms with Gasteiger partial charge in [0.25, 0.3) is 0 Å². The molecule has 1 unspecified atom stereocenters. The van der Waals surface area contributed by atoms with Crippen molar-refractivity contribution < 1.29 is 9.53 Å². The number of methoxy groups -OCH3 is 1. The monoisotopic (exact) mass is 402 g/mol. The third-order valence-corrected chi connectivity index (χ3v) is 5.21. The second-order valence-electron chi connectivity index (χ2n) is 5.51. The number of nitrogens with zero attached hydrogens (tertiary/aromatic N) is 4. The summed E-state index contributed by atoms with van der Waals surface area (Å²) in [4.78, 5) is 27.3. The Labute approximate surface area is 163 Å². The molecule has 1 amide bonds. The van der Waals surface area contributed by atoms with Crippen LogP contribution in [0.25, 0.3) is 11.0 Å². The van der Waals surface area contributed by atoms with Gasteiger partial charge in [0.15, 0.2) is 5.65 Å². The molecule has 0 bridgehead atoms. The van der Waals surface area contributed by atoms with Crippen molar-refractivity contribution >= 4 is 49.6 Å². The van der Waals surface area contributed by atoms with E-state index in [4.69, 9.17) is 21.1 Å². The molecule has 0 aliphatic carbocycles. The lowest BCUT2D eigenvalue weighted by Gasteiger charge is -2.22. The van der Waals surface area contributed by atoms with E-state index in [1.807, 2.05) is 18.2 Å². The number of hydrogen-bond donors (Lipinski definition) is 2. The molecule has 8 nitrogen and oxygen atoms in total. The van der Waals surface area contributed by atoms with Crippen molar-refractivity contribution in [1.82, 2.24) is 15.0 Å². The number of nitrogens with one attached hydrogen (secondary N) is 1. The normalized spacial score (nSPS) is 11.8. The van der Waals surface area contributed by atoms with Crippen LogP contribution in [-0.2, 0) is 32.2 Å². The van der Waals surface area contributed by atoms with E-state index < -0.39 is 9.64 Å². The molecule has 0 saturated carbocycles. The molecule has 140 valence electrons. The van der Waals surface area contributed by atoms with Gasteiger partial charge >= 0.3 is 0 Å². The Bertz CT molecular complexity index is 997. The van der Waals surface area contributed by atoms with Crippen molar-refractivity contribution in [3.05, 3.63) is 42.4 Å². The van der Waals surface area contributed by atoms with E-state index in [1.54, 1.807) is 37.5 Å². The molecule has 0 aliphatic heterocycles. The molecule has 3 aromatic heterocycles. The topological polar surface area (TPSA) is 106 Å². The number of nitrogens with two attached hydrogens (primary N) is 1. The van der Waals surface area contributed by atoms with Crippen LogP contribution in [0, 0.1) is 0 Å². The first-order valence-corrected chi connectivity index (χ1v) is 10.1. The summed E-state index contributed by atoms with van der Waals surface area (Å²) in [5.74, 6) is 0.453. The number of pyridine rings is 3. The molecule has 3 rings (SSSR count). The minimum absolute atomic E-state index is 0.277. The van der Waals surface area contributed by atoms with Gasteiger partial charge < -0.3 is 15.0 Å². The Morgan fingerprint density at radius 1 is 1.30 bits per heavy atom. The van der Waals surface area contributed by atoms with Gasteiger partial charge in [-0.2, -0.15) is 4.98 Å². The van der Waals surface area contributed by atoms with Crippen LogP contribution in [0.1, 0.15) is 5.69 Å². The first-order valence-electron chi connectivity index (χ1n) is 7.92. The SMILES string of the molecule is CNc1cnc2nc(OC)ccc2c1N(C=O)Cc1ccc(S(N)=S)cn1. The maximum Gasteiger partial charge on any atom is 0.215 e. The highest BCUT2D eigenvalue weighted by Crippen LogP contribution is 2.33. The van der Waals surface area contributed by atoms with Crippen LogP contribution in [0.5, 0.6) is 5.88 Å². The molecule has 1 atom stereocenters. The molecule has 3 aromatic rings. The fourth-order valence-corrected chi connectivity index (χ4v) is 3.27. The largest absolute Gasteiger partial charge is 0.481 e. The van der Waals surface area contributed by atoms with Gasteiger partial charge in [0, 0.05) is 29.6 Å². The molecule has 3 N–H and O–H groups in total. The fourth-order valence-electron chi connectivity index (χ4n) is 2.62. The van der Waals surface area contributed by atoms with Gasteiger partial charge in [-0.05, 0) is 39.0 Å². The van der Waals surface area contributed by atoms with Gasteiger partial charge in [-0.25, -0.2) is 4.98 Å². The van der Waals surface area contributed by atoms with E-state index in [1.165, 1.54) is 0 Å². The molecule has 0 aromatic carbocycles. The number of anilines is 2. The van der Waals surface area contributed by atoms with Crippen LogP contribution in [0.15, 0.2) is 41.6 Å². The van der Waals surface area contributed by atoms with Gasteiger partial charge in [0.2, 0.25) is 12.3 Å². The van der Waals surface area contributed by atoms with E-state index in [0.717, 1.165) is 16.7 Å². The number of rotatable bonds is 7. The van der Waals surface area contributed by atoms with Gasteiger partial charge in [-0.1, -0.05) is 0 Å². The number of aromatic nitrogens is 3. The molecule has 0 spiro atoms. The summed E-state index contributed by atoms with van der Waals surface area (Å²) in [6, 6.07) is 7.20. The molecule has 0 radical (unpaired) electrons. The highest BCUT2D eigenvalue weighted by molar-refractivity contribution is 8.27. The van der Waals surface area contributed by atoms with E-state index in [9.17, 15) is 4.79 Å². The van der Waals surface area contributed by atoms with Crippen LogP contribution in [0.2, 0.25) is 0 Å². The molecule has 0 aliphatic rings. The highest BCUT2D eigenvalue weighted by Gasteiger charge is 2.17. The molecule has 10 heteroatoms. The summed E-state index contributed by atoms with van der Waals surface area (Å²) in [6.07, 6.45) is 4.04. The Kier molecular flexibility index (Phi) is 5.89. The molecular formula is C17H18N6O2S2. The van der Waals surface area contributed by atoms with Crippen molar-refractivity contribution in [2.45, 2.75) is 11.4 Å². The van der Waals surface area contributed by atoms with Crippen molar-refractivity contribution in [3.63, 3.8) is 0 Å². The zero-order valence-corrected chi connectivity index (χ0v) is 16.4. The lowest BCUT2D eigenvalue weighted by molar-refractivity contribution is -0.107. The zero-order chi connectivity index (χ0) is 19.4. The zero-order valence-electron chi connectivity index (χ0n) is 14.7. The number of hydrogen-bond acceptors (Lipinski definition) is 7. The maximum absolute atomic E-state index is 11.9. The van der Waals surface area contributed by atoms with E-state index in [0.29, 0.717) is 28.6 Å². The smallest absolute Gasteiger partial charge is 0.215 e. The first kappa shape index (κ1) is 19.1. The van der Waals surface area contributed by atoms with Crippen molar-refractivity contribution in [2.75, 3.05) is 24.4 Å². The van der Waals surface area contributed by atoms with Crippen molar-refractivity contribution in [2.24, 2.45) is 5.14 Å². The lowest BCUT2D eigenvalue weighted by Crippen LogP contribution is -2.23. The van der Waals surface area contributed by atoms with Crippen LogP contribution >= 0.6 is 0 Å². The van der Waals surface area contributed by atoms with Gasteiger partial charge in [0.1, 0.15) is 0 Å². The predicted octanol–water partition coefficient (Wildman–Crippen LogP) is 1.55. The average molecular weight is 403 g/mol. The van der Waals surface area contributed by atoms with Crippen LogP contribution in [-0.4, -0.2) is 35.5 Å². The summed E-state index contributed by atoms with van der Waals surface area (Å²) in [5.41, 5.74) is 2.56. The summed E-state index contributed by atoms with van der Waals surface area (Å²) in [6.45, 7) is 0.277. The highest BCUT2D eigenvalue weighted by atomic mass is 32.8. The molecular weight excluding hydrogens is 384 g/mol. The first-order chi connectivity index (χ1) is 13.1. The standard InChI is InChI=1S/C17H18N6O2S2/c1-19-14-8-21-17-13(5-6-15(22-17)25-2)16(14)23(10-24)9-11-3-4-12(7-20-11)27(18)26/h3-8,10,19H,9,18H2,1-2H3. The molecule has 27 heavy (non-hydrogen) atoms. The minimum atomic E-state index is -0.765. The second kappa shape index (κ2) is 8.33. The molecule has 0 fully saturated rings. The molecule has 0 saturated heterocycles. The summed E-state index contributed by atoms with van der Waals surface area (Å²) < 4.78 is 5.15. The number of carbonyl (C=O) groups excluding carboxylic acids is 1. The van der Waals surface area contributed by atoms with Crippen LogP contribution in [0.3, 0.4) is 0 Å². The second-order valence-corrected chi connectivity index (χ2v) is 7.65. The number of amides is 1. The Morgan fingerprint density at radius 2 is 2.11 bits per heavy atom. The summed E-state index contributed by atoms with van der Waals surface area (Å²) in [5, 5.41) is 9.50. The number of ether oxygens (including phenoxy) is 1. The maximum atomic E-state index is 11.9. The molecule has 3 heterocycles. The number of fused-ring (bicyclic) bond motifs is 1. The van der Waals surface area contributed by atoms with Crippen LogP contribution < -0.4 is 20.1 Å². The quantitative estimate of drug-likeness (QED) is 0.574. The van der Waals surface area contributed by atoms with Crippen molar-refractivity contribution in [1.29, 1.82) is 0 Å². The predicted molar refractivity (Wildman–Crippen MR) is 109 cm³/mol. The fraction of sp³-hybridized carbons (Fsp3) is 0.176. The average Bonchev–Trinajstić information content (AvgIpc) is 2.71. The Morgan fingerprint density at radius 3 is 2.70 bits per heavy atom. The Hall–Kier alpha value is -2.69. The van der Waals surface area contributed by atoms with E-state index in [2.05, 4.69) is 20.3 Å². The third-order valence-electron chi connectivity index (χ3n) is 3.93. The minimum Gasteiger partial charge on any atom is -0.481 e. The van der Waals surface area contributed by atoms with Gasteiger partial charge in [-0.3, -0.25) is 14.9 Å². The lowest BCUT2D eigenvalue weighted by atomic mass is 10.2. The van der Waals surface area contributed by atoms with E-state index >= 15 is 0 Å². The Balaban J connectivity index is 2.04. The number of carbonyl (C=O) groups is 1. The van der Waals surface area contributed by atoms with Gasteiger partial charge in [-0.15, -0.1) is 0 Å². The summed E-state index contributed by atoms with van der Waals surface area (Å²) in [7, 11) is 2.54. The van der Waals surface area contributed by atoms with Gasteiger partial charge in [0.05, 0.1) is 36.9 Å². The van der Waals surface area contributed by atoms with Crippen LogP contribution in [0.4, 0.5) is 11.4 Å². The summed E-state index contributed by atoms with van der Waals surface area (Å²) >= 11 is 5.05. The van der Waals surface area contributed by atoms with Crippen molar-refractivity contribution in [3.8, 4) is 5.88 Å². The third kappa shape index (κ3) is 4.02.